The number of nitrogens with zero attached hydrogens (tertiary/aromatic N) is 2. The lowest BCUT2D eigenvalue weighted by Gasteiger charge is -2.39. The van der Waals surface area contributed by atoms with E-state index in [9.17, 15) is 0 Å². The molecule has 1 aliphatic rings. The quantitative estimate of drug-likeness (QED) is 0.895. The van der Waals surface area contributed by atoms with Gasteiger partial charge in [-0.25, -0.2) is 0 Å². The van der Waals surface area contributed by atoms with Gasteiger partial charge >= 0.3 is 0 Å². The molecule has 4 nitrogen and oxygen atoms in total. The van der Waals surface area contributed by atoms with E-state index < -0.39 is 0 Å². The molecule has 18 heavy (non-hydrogen) atoms. The smallest absolute Gasteiger partial charge is 0.138 e. The maximum atomic E-state index is 5.29. The first kappa shape index (κ1) is 13.6. The van der Waals surface area contributed by atoms with E-state index in [1.807, 2.05) is 13.8 Å². The average Bonchev–Trinajstić information content (AvgIpc) is 2.68. The Labute approximate surface area is 110 Å². The maximum Gasteiger partial charge on any atom is 0.138 e. The molecule has 2 rings (SSSR count). The zero-order valence-electron chi connectivity index (χ0n) is 12.2. The summed E-state index contributed by atoms with van der Waals surface area (Å²) < 4.78 is 5.29. The Bertz CT molecular complexity index is 380. The second-order valence-corrected chi connectivity index (χ2v) is 5.71. The molecule has 1 N–H and O–H groups in total. The Morgan fingerprint density at radius 3 is 2.61 bits per heavy atom. The van der Waals surface area contributed by atoms with Gasteiger partial charge < -0.3 is 9.84 Å². The zero-order valence-corrected chi connectivity index (χ0v) is 12.2. The van der Waals surface area contributed by atoms with Gasteiger partial charge in [0.25, 0.3) is 0 Å². The van der Waals surface area contributed by atoms with Gasteiger partial charge in [-0.05, 0) is 26.7 Å². The van der Waals surface area contributed by atoms with Crippen LogP contribution < -0.4 is 5.32 Å². The van der Waals surface area contributed by atoms with Crippen molar-refractivity contribution in [2.45, 2.75) is 46.7 Å². The van der Waals surface area contributed by atoms with Crippen LogP contribution in [0.2, 0.25) is 0 Å². The Kier molecular flexibility index (Phi) is 4.07. The molecule has 0 amide bonds. The molecule has 1 aliphatic heterocycles. The SMILES string of the molecule is Cc1noc(C)c1C(C)N1CCNC(C(C)C)C1. The predicted octanol–water partition coefficient (Wildman–Crippen LogP) is 2.28. The number of nitrogens with one attached hydrogen (secondary N) is 1. The van der Waals surface area contributed by atoms with Gasteiger partial charge in [0, 0.05) is 37.3 Å². The number of hydrogen-bond acceptors (Lipinski definition) is 4. The minimum absolute atomic E-state index is 0.389. The first-order valence-corrected chi connectivity index (χ1v) is 6.91. The number of aromatic nitrogens is 1. The van der Waals surface area contributed by atoms with Crippen LogP contribution in [0.1, 0.15) is 43.8 Å². The molecule has 2 heterocycles. The van der Waals surface area contributed by atoms with Gasteiger partial charge in [0.05, 0.1) is 5.69 Å². The van der Waals surface area contributed by atoms with Crippen LogP contribution in [0.15, 0.2) is 4.52 Å². The van der Waals surface area contributed by atoms with Crippen LogP contribution in [0.3, 0.4) is 0 Å². The molecule has 2 atom stereocenters. The zero-order chi connectivity index (χ0) is 13.3. The van der Waals surface area contributed by atoms with Crippen molar-refractivity contribution >= 4 is 0 Å². The number of aryl methyl sites for hydroxylation is 2. The second kappa shape index (κ2) is 5.41. The van der Waals surface area contributed by atoms with Crippen molar-refractivity contribution in [2.24, 2.45) is 5.92 Å². The second-order valence-electron chi connectivity index (χ2n) is 5.71. The largest absolute Gasteiger partial charge is 0.361 e. The molecule has 0 radical (unpaired) electrons. The van der Waals surface area contributed by atoms with Crippen LogP contribution in [0.25, 0.3) is 0 Å². The molecular formula is C14H25N3O. The molecule has 0 spiro atoms. The summed E-state index contributed by atoms with van der Waals surface area (Å²) >= 11 is 0. The van der Waals surface area contributed by atoms with Crippen LogP contribution >= 0.6 is 0 Å². The molecule has 0 aromatic carbocycles. The predicted molar refractivity (Wildman–Crippen MR) is 72.6 cm³/mol. The van der Waals surface area contributed by atoms with E-state index >= 15 is 0 Å². The first-order valence-electron chi connectivity index (χ1n) is 6.91. The number of piperazine rings is 1. The lowest BCUT2D eigenvalue weighted by atomic mass is 9.98. The van der Waals surface area contributed by atoms with Crippen LogP contribution in [-0.2, 0) is 0 Å². The molecule has 4 heteroatoms. The van der Waals surface area contributed by atoms with Gasteiger partial charge in [0.1, 0.15) is 5.76 Å². The van der Waals surface area contributed by atoms with Crippen molar-refractivity contribution in [3.05, 3.63) is 17.0 Å². The Morgan fingerprint density at radius 1 is 1.33 bits per heavy atom. The van der Waals surface area contributed by atoms with Crippen LogP contribution in [0, 0.1) is 19.8 Å². The van der Waals surface area contributed by atoms with E-state index in [1.54, 1.807) is 0 Å². The van der Waals surface area contributed by atoms with E-state index in [1.165, 1.54) is 5.56 Å². The number of rotatable bonds is 3. The molecule has 0 saturated carbocycles. The maximum absolute atomic E-state index is 5.29. The van der Waals surface area contributed by atoms with E-state index in [0.29, 0.717) is 18.0 Å². The van der Waals surface area contributed by atoms with Crippen molar-refractivity contribution in [1.29, 1.82) is 0 Å². The summed E-state index contributed by atoms with van der Waals surface area (Å²) in [6.07, 6.45) is 0. The summed E-state index contributed by atoms with van der Waals surface area (Å²) in [7, 11) is 0. The summed E-state index contributed by atoms with van der Waals surface area (Å²) in [6.45, 7) is 14.1. The molecule has 2 unspecified atom stereocenters. The van der Waals surface area contributed by atoms with E-state index in [-0.39, 0.29) is 0 Å². The third-order valence-corrected chi connectivity index (χ3v) is 4.10. The van der Waals surface area contributed by atoms with Crippen LogP contribution in [0.5, 0.6) is 0 Å². The van der Waals surface area contributed by atoms with Crippen molar-refractivity contribution < 1.29 is 4.52 Å². The van der Waals surface area contributed by atoms with Crippen LogP contribution in [0.4, 0.5) is 0 Å². The van der Waals surface area contributed by atoms with Gasteiger partial charge in [-0.3, -0.25) is 4.90 Å². The lowest BCUT2D eigenvalue weighted by molar-refractivity contribution is 0.134. The van der Waals surface area contributed by atoms with Gasteiger partial charge in [-0.15, -0.1) is 0 Å². The van der Waals surface area contributed by atoms with Crippen molar-refractivity contribution in [3.8, 4) is 0 Å². The van der Waals surface area contributed by atoms with Gasteiger partial charge in [-0.2, -0.15) is 0 Å². The van der Waals surface area contributed by atoms with Crippen molar-refractivity contribution in [1.82, 2.24) is 15.4 Å². The summed E-state index contributed by atoms with van der Waals surface area (Å²) in [4.78, 5) is 2.54. The third kappa shape index (κ3) is 2.59. The van der Waals surface area contributed by atoms with E-state index in [4.69, 9.17) is 4.52 Å². The molecule has 1 aromatic rings. The topological polar surface area (TPSA) is 41.3 Å². The van der Waals surface area contributed by atoms with Crippen molar-refractivity contribution in [3.63, 3.8) is 0 Å². The standard InChI is InChI=1S/C14H25N3O/c1-9(2)13-8-17(7-6-15-13)11(4)14-10(3)16-18-12(14)5/h9,11,13,15H,6-8H2,1-5H3. The molecule has 1 aromatic heterocycles. The fraction of sp³-hybridized carbons (Fsp3) is 0.786. The molecule has 0 bridgehead atoms. The first-order chi connectivity index (χ1) is 8.50. The Balaban J connectivity index is 2.11. The minimum Gasteiger partial charge on any atom is -0.361 e. The highest BCUT2D eigenvalue weighted by Gasteiger charge is 2.28. The average molecular weight is 251 g/mol. The minimum atomic E-state index is 0.389. The lowest BCUT2D eigenvalue weighted by Crippen LogP contribution is -2.53. The molecule has 0 aliphatic carbocycles. The third-order valence-electron chi connectivity index (χ3n) is 4.10. The monoisotopic (exact) mass is 251 g/mol. The number of hydrogen-bond donors (Lipinski definition) is 1. The molecule has 1 fully saturated rings. The summed E-state index contributed by atoms with van der Waals surface area (Å²) in [6, 6.07) is 0.973. The highest BCUT2D eigenvalue weighted by molar-refractivity contribution is 5.24. The fourth-order valence-corrected chi connectivity index (χ4v) is 2.87. The van der Waals surface area contributed by atoms with Crippen LogP contribution in [-0.4, -0.2) is 35.7 Å². The fourth-order valence-electron chi connectivity index (χ4n) is 2.87. The normalized spacial score (nSPS) is 23.6. The van der Waals surface area contributed by atoms with Gasteiger partial charge in [0.2, 0.25) is 0 Å². The Hall–Kier alpha value is -0.870. The highest BCUT2D eigenvalue weighted by Crippen LogP contribution is 2.27. The summed E-state index contributed by atoms with van der Waals surface area (Å²) in [5.41, 5.74) is 2.29. The van der Waals surface area contributed by atoms with Gasteiger partial charge in [-0.1, -0.05) is 19.0 Å². The summed E-state index contributed by atoms with van der Waals surface area (Å²) in [5, 5.41) is 7.67. The molecule has 102 valence electrons. The van der Waals surface area contributed by atoms with E-state index in [2.05, 4.69) is 36.1 Å². The summed E-state index contributed by atoms with van der Waals surface area (Å²) in [5.74, 6) is 1.63. The van der Waals surface area contributed by atoms with Crippen molar-refractivity contribution in [2.75, 3.05) is 19.6 Å². The molecule has 1 saturated heterocycles. The highest BCUT2D eigenvalue weighted by atomic mass is 16.5. The molecular weight excluding hydrogens is 226 g/mol. The van der Waals surface area contributed by atoms with E-state index in [0.717, 1.165) is 31.1 Å². The Morgan fingerprint density at radius 2 is 2.06 bits per heavy atom. The van der Waals surface area contributed by atoms with Gasteiger partial charge in [0.15, 0.2) is 0 Å².